The molecule has 0 radical (unpaired) electrons. The molecule has 0 aromatic heterocycles. The van der Waals surface area contributed by atoms with Crippen molar-refractivity contribution in [2.75, 3.05) is 59.8 Å². The van der Waals surface area contributed by atoms with Gasteiger partial charge in [-0.05, 0) is 32.5 Å². The fourth-order valence-electron chi connectivity index (χ4n) is 1.54. The summed E-state index contributed by atoms with van der Waals surface area (Å²) >= 11 is 0. The molecule has 0 aliphatic rings. The van der Waals surface area contributed by atoms with E-state index in [1.807, 2.05) is 0 Å². The smallest absolute Gasteiger partial charge is 0.0701 e. The van der Waals surface area contributed by atoms with Crippen molar-refractivity contribution in [1.29, 1.82) is 0 Å². The number of unbranched alkanes of at least 4 members (excludes halogenated alkanes) is 1. The minimum atomic E-state index is 0.655. The summed E-state index contributed by atoms with van der Waals surface area (Å²) in [5.74, 6) is 0. The van der Waals surface area contributed by atoms with E-state index >= 15 is 0 Å². The van der Waals surface area contributed by atoms with Gasteiger partial charge in [0.05, 0.1) is 26.4 Å². The number of methoxy groups -OCH3 is 1. The third-order valence-corrected chi connectivity index (χ3v) is 2.71. The predicted molar refractivity (Wildman–Crippen MR) is 70.5 cm³/mol. The van der Waals surface area contributed by atoms with Crippen LogP contribution in [0.3, 0.4) is 0 Å². The molecule has 0 rings (SSSR count). The molecule has 0 aliphatic carbocycles. The van der Waals surface area contributed by atoms with Crippen molar-refractivity contribution in [2.24, 2.45) is 0 Å². The molecule has 0 heterocycles. The van der Waals surface area contributed by atoms with Crippen molar-refractivity contribution in [1.82, 2.24) is 4.90 Å². The summed E-state index contributed by atoms with van der Waals surface area (Å²) in [6.45, 7) is 11.4. The average molecular weight is 247 g/mol. The van der Waals surface area contributed by atoms with Crippen molar-refractivity contribution in [2.45, 2.75) is 26.7 Å². The third kappa shape index (κ3) is 12.1. The van der Waals surface area contributed by atoms with E-state index in [4.69, 9.17) is 14.2 Å². The summed E-state index contributed by atoms with van der Waals surface area (Å²) in [6, 6.07) is 0. The molecule has 0 unspecified atom stereocenters. The molecule has 0 atom stereocenters. The molecule has 17 heavy (non-hydrogen) atoms. The Kier molecular flexibility index (Phi) is 13.8. The first kappa shape index (κ1) is 16.8. The van der Waals surface area contributed by atoms with Gasteiger partial charge in [0.2, 0.25) is 0 Å². The first-order valence-corrected chi connectivity index (χ1v) is 6.71. The summed E-state index contributed by atoms with van der Waals surface area (Å²) in [7, 11) is 1.68. The normalized spacial score (nSPS) is 11.3. The molecule has 0 bridgehead atoms. The van der Waals surface area contributed by atoms with Crippen LogP contribution in [0.2, 0.25) is 0 Å². The van der Waals surface area contributed by atoms with Crippen molar-refractivity contribution >= 4 is 0 Å². The second kappa shape index (κ2) is 13.9. The van der Waals surface area contributed by atoms with Crippen LogP contribution >= 0.6 is 0 Å². The zero-order chi connectivity index (χ0) is 12.8. The van der Waals surface area contributed by atoms with Crippen molar-refractivity contribution in [3.63, 3.8) is 0 Å². The lowest BCUT2D eigenvalue weighted by molar-refractivity contribution is 0.0237. The van der Waals surface area contributed by atoms with Crippen LogP contribution in [0.25, 0.3) is 0 Å². The van der Waals surface area contributed by atoms with Crippen LogP contribution in [0.1, 0.15) is 26.7 Å². The van der Waals surface area contributed by atoms with Crippen molar-refractivity contribution < 1.29 is 14.2 Å². The van der Waals surface area contributed by atoms with Crippen molar-refractivity contribution in [3.8, 4) is 0 Å². The van der Waals surface area contributed by atoms with Crippen LogP contribution in [-0.2, 0) is 14.2 Å². The Labute approximate surface area is 106 Å². The fourth-order valence-corrected chi connectivity index (χ4v) is 1.54. The quantitative estimate of drug-likeness (QED) is 0.464. The highest BCUT2D eigenvalue weighted by Gasteiger charge is 1.97. The molecule has 0 fully saturated rings. The van der Waals surface area contributed by atoms with Crippen LogP contribution in [0, 0.1) is 0 Å². The number of ether oxygens (including phenoxy) is 3. The van der Waals surface area contributed by atoms with Gasteiger partial charge in [0.25, 0.3) is 0 Å². The Bertz CT molecular complexity index is 141. The summed E-state index contributed by atoms with van der Waals surface area (Å²) in [4.78, 5) is 2.44. The molecular weight excluding hydrogens is 218 g/mol. The highest BCUT2D eigenvalue weighted by molar-refractivity contribution is 4.51. The van der Waals surface area contributed by atoms with E-state index in [0.717, 1.165) is 26.1 Å². The molecule has 0 N–H and O–H groups in total. The lowest BCUT2D eigenvalue weighted by Gasteiger charge is -2.17. The molecule has 0 spiro atoms. The fraction of sp³-hybridized carbons (Fsp3) is 1.00. The number of rotatable bonds is 13. The van der Waals surface area contributed by atoms with Gasteiger partial charge in [-0.2, -0.15) is 0 Å². The Morgan fingerprint density at radius 2 is 1.35 bits per heavy atom. The van der Waals surface area contributed by atoms with Gasteiger partial charge in [-0.3, -0.25) is 0 Å². The number of hydrogen-bond donors (Lipinski definition) is 0. The van der Waals surface area contributed by atoms with Crippen LogP contribution in [0.4, 0.5) is 0 Å². The molecular formula is C13H29NO3. The molecule has 0 saturated heterocycles. The molecule has 0 amide bonds. The molecule has 0 aromatic carbocycles. The number of nitrogens with zero attached hydrogens (tertiary/aromatic N) is 1. The largest absolute Gasteiger partial charge is 0.382 e. The van der Waals surface area contributed by atoms with E-state index in [-0.39, 0.29) is 0 Å². The zero-order valence-corrected chi connectivity index (χ0v) is 11.7. The minimum Gasteiger partial charge on any atom is -0.382 e. The van der Waals surface area contributed by atoms with Crippen LogP contribution < -0.4 is 0 Å². The van der Waals surface area contributed by atoms with E-state index in [2.05, 4.69) is 18.7 Å². The second-order valence-electron chi connectivity index (χ2n) is 3.95. The Morgan fingerprint density at radius 1 is 0.765 bits per heavy atom. The van der Waals surface area contributed by atoms with Gasteiger partial charge in [-0.1, -0.05) is 13.8 Å². The maximum atomic E-state index is 5.48. The van der Waals surface area contributed by atoms with Crippen molar-refractivity contribution in [3.05, 3.63) is 0 Å². The van der Waals surface area contributed by atoms with Crippen LogP contribution in [-0.4, -0.2) is 64.7 Å². The lowest BCUT2D eigenvalue weighted by Crippen LogP contribution is -2.24. The topological polar surface area (TPSA) is 30.9 Å². The summed E-state index contributed by atoms with van der Waals surface area (Å²) in [5, 5.41) is 0. The molecule has 4 nitrogen and oxygen atoms in total. The highest BCUT2D eigenvalue weighted by Crippen LogP contribution is 1.95. The molecule has 0 aliphatic heterocycles. The van der Waals surface area contributed by atoms with Crippen LogP contribution in [0.15, 0.2) is 0 Å². The zero-order valence-electron chi connectivity index (χ0n) is 11.7. The van der Waals surface area contributed by atoms with Gasteiger partial charge in [-0.15, -0.1) is 0 Å². The first-order valence-electron chi connectivity index (χ1n) is 6.71. The molecule has 0 saturated carbocycles. The highest BCUT2D eigenvalue weighted by atomic mass is 16.5. The second-order valence-corrected chi connectivity index (χ2v) is 3.95. The summed E-state index contributed by atoms with van der Waals surface area (Å²) in [5.41, 5.74) is 0. The predicted octanol–water partition coefficient (Wildman–Crippen LogP) is 1.79. The SMILES string of the molecule is CCN(CC)CCCCOCCOCCOC. The van der Waals surface area contributed by atoms with Gasteiger partial charge in [0.15, 0.2) is 0 Å². The Balaban J connectivity index is 3.03. The van der Waals surface area contributed by atoms with E-state index in [1.54, 1.807) is 7.11 Å². The Hall–Kier alpha value is -0.160. The molecule has 4 heteroatoms. The van der Waals surface area contributed by atoms with E-state index < -0.39 is 0 Å². The van der Waals surface area contributed by atoms with E-state index in [1.165, 1.54) is 13.0 Å². The molecule has 104 valence electrons. The van der Waals surface area contributed by atoms with Crippen LogP contribution in [0.5, 0.6) is 0 Å². The van der Waals surface area contributed by atoms with E-state index in [0.29, 0.717) is 26.4 Å². The minimum absolute atomic E-state index is 0.655. The maximum absolute atomic E-state index is 5.48. The third-order valence-electron chi connectivity index (χ3n) is 2.71. The van der Waals surface area contributed by atoms with E-state index in [9.17, 15) is 0 Å². The number of hydrogen-bond acceptors (Lipinski definition) is 4. The summed E-state index contributed by atoms with van der Waals surface area (Å²) < 4.78 is 15.6. The molecule has 0 aromatic rings. The first-order chi connectivity index (χ1) is 8.35. The van der Waals surface area contributed by atoms with Gasteiger partial charge in [-0.25, -0.2) is 0 Å². The van der Waals surface area contributed by atoms with Gasteiger partial charge < -0.3 is 19.1 Å². The van der Waals surface area contributed by atoms with Gasteiger partial charge in [0, 0.05) is 13.7 Å². The average Bonchev–Trinajstić information content (AvgIpc) is 2.36. The lowest BCUT2D eigenvalue weighted by atomic mass is 10.3. The maximum Gasteiger partial charge on any atom is 0.0701 e. The summed E-state index contributed by atoms with van der Waals surface area (Å²) in [6.07, 6.45) is 2.35. The standard InChI is InChI=1S/C13H29NO3/c1-4-14(5-2)8-6-7-9-16-12-13-17-11-10-15-3/h4-13H2,1-3H3. The van der Waals surface area contributed by atoms with Gasteiger partial charge in [0.1, 0.15) is 0 Å². The Morgan fingerprint density at radius 3 is 1.94 bits per heavy atom. The van der Waals surface area contributed by atoms with Gasteiger partial charge >= 0.3 is 0 Å². The monoisotopic (exact) mass is 247 g/mol.